The topological polar surface area (TPSA) is 21.3 Å². The number of nitrogens with one attached hydrogen (secondary N) is 1. The summed E-state index contributed by atoms with van der Waals surface area (Å²) in [6.07, 6.45) is 8.74. The third-order valence-corrected chi connectivity index (χ3v) is 4.63. The smallest absolute Gasteiger partial charge is 0.0588 e. The first-order valence-corrected chi connectivity index (χ1v) is 7.14. The zero-order valence-corrected chi connectivity index (χ0v) is 10.9. The second-order valence-electron chi connectivity index (χ2n) is 5.66. The van der Waals surface area contributed by atoms with Crippen LogP contribution < -0.4 is 5.32 Å². The van der Waals surface area contributed by atoms with Crippen molar-refractivity contribution in [1.29, 1.82) is 0 Å². The Balaban J connectivity index is 1.63. The van der Waals surface area contributed by atoms with E-state index in [1.807, 2.05) is 0 Å². The largest absolute Gasteiger partial charge is 0.378 e. The van der Waals surface area contributed by atoms with Gasteiger partial charge in [-0.1, -0.05) is 13.3 Å². The van der Waals surface area contributed by atoms with Crippen LogP contribution in [0.1, 0.15) is 52.4 Å². The van der Waals surface area contributed by atoms with Gasteiger partial charge in [-0.3, -0.25) is 0 Å². The van der Waals surface area contributed by atoms with E-state index in [-0.39, 0.29) is 0 Å². The summed E-state index contributed by atoms with van der Waals surface area (Å²) in [7, 11) is 0. The molecule has 2 unspecified atom stereocenters. The van der Waals surface area contributed by atoms with Crippen LogP contribution in [0.2, 0.25) is 0 Å². The van der Waals surface area contributed by atoms with Gasteiger partial charge in [0, 0.05) is 19.2 Å². The molecule has 2 atom stereocenters. The first-order chi connectivity index (χ1) is 7.79. The van der Waals surface area contributed by atoms with Crippen molar-refractivity contribution < 1.29 is 4.74 Å². The number of rotatable bonds is 4. The molecule has 1 N–H and O–H groups in total. The van der Waals surface area contributed by atoms with Gasteiger partial charge in [0.25, 0.3) is 0 Å². The van der Waals surface area contributed by atoms with Crippen LogP contribution in [0.3, 0.4) is 0 Å². The second-order valence-corrected chi connectivity index (χ2v) is 5.66. The van der Waals surface area contributed by atoms with Crippen LogP contribution in [0, 0.1) is 11.8 Å². The summed E-state index contributed by atoms with van der Waals surface area (Å²) in [6, 6.07) is 0.788. The lowest BCUT2D eigenvalue weighted by molar-refractivity contribution is 0.104. The van der Waals surface area contributed by atoms with Gasteiger partial charge in [-0.15, -0.1) is 0 Å². The van der Waals surface area contributed by atoms with Crippen LogP contribution in [0.4, 0.5) is 0 Å². The molecule has 16 heavy (non-hydrogen) atoms. The Hall–Kier alpha value is -0.0800. The molecule has 0 radical (unpaired) electrons. The van der Waals surface area contributed by atoms with Crippen LogP contribution in [0.5, 0.6) is 0 Å². The fourth-order valence-corrected chi connectivity index (χ4v) is 3.14. The minimum atomic E-state index is 0.472. The molecule has 1 aliphatic carbocycles. The molecule has 1 aliphatic heterocycles. The van der Waals surface area contributed by atoms with Crippen molar-refractivity contribution in [2.24, 2.45) is 11.8 Å². The molecule has 0 bridgehead atoms. The Morgan fingerprint density at radius 3 is 2.44 bits per heavy atom. The van der Waals surface area contributed by atoms with E-state index in [2.05, 4.69) is 19.2 Å². The second kappa shape index (κ2) is 6.02. The van der Waals surface area contributed by atoms with Crippen molar-refractivity contribution in [3.05, 3.63) is 0 Å². The van der Waals surface area contributed by atoms with Gasteiger partial charge >= 0.3 is 0 Å². The van der Waals surface area contributed by atoms with E-state index in [1.54, 1.807) is 0 Å². The van der Waals surface area contributed by atoms with Crippen molar-refractivity contribution in [1.82, 2.24) is 5.32 Å². The van der Waals surface area contributed by atoms with E-state index >= 15 is 0 Å². The number of hydrogen-bond donors (Lipinski definition) is 1. The standard InChI is InChI=1S/C14H27NO/c1-3-12-4-6-14(7-5-12)15-10-13-8-9-16-11(13)2/h11-15H,3-10H2,1-2H3. The summed E-state index contributed by atoms with van der Waals surface area (Å²) in [5.74, 6) is 1.76. The van der Waals surface area contributed by atoms with Gasteiger partial charge in [-0.2, -0.15) is 0 Å². The average molecular weight is 225 g/mol. The molecular weight excluding hydrogens is 198 g/mol. The van der Waals surface area contributed by atoms with Crippen molar-refractivity contribution in [3.8, 4) is 0 Å². The molecule has 2 nitrogen and oxygen atoms in total. The molecule has 0 aromatic heterocycles. The highest BCUT2D eigenvalue weighted by Crippen LogP contribution is 2.27. The van der Waals surface area contributed by atoms with Crippen LogP contribution in [0.25, 0.3) is 0 Å². The minimum Gasteiger partial charge on any atom is -0.378 e. The summed E-state index contributed by atoms with van der Waals surface area (Å²) < 4.78 is 5.60. The third-order valence-electron chi connectivity index (χ3n) is 4.63. The van der Waals surface area contributed by atoms with E-state index in [9.17, 15) is 0 Å². The zero-order chi connectivity index (χ0) is 11.4. The Morgan fingerprint density at radius 2 is 1.88 bits per heavy atom. The van der Waals surface area contributed by atoms with Gasteiger partial charge in [0.05, 0.1) is 6.10 Å². The number of ether oxygens (including phenoxy) is 1. The average Bonchev–Trinajstić information content (AvgIpc) is 2.73. The summed E-state index contributed by atoms with van der Waals surface area (Å²) in [5.41, 5.74) is 0. The summed E-state index contributed by atoms with van der Waals surface area (Å²) in [4.78, 5) is 0. The molecule has 0 aromatic carbocycles. The fraction of sp³-hybridized carbons (Fsp3) is 1.00. The maximum Gasteiger partial charge on any atom is 0.0588 e. The first-order valence-electron chi connectivity index (χ1n) is 7.14. The van der Waals surface area contributed by atoms with Gasteiger partial charge in [0.1, 0.15) is 0 Å². The van der Waals surface area contributed by atoms with E-state index in [0.717, 1.165) is 24.5 Å². The van der Waals surface area contributed by atoms with Gasteiger partial charge in [0.2, 0.25) is 0 Å². The SMILES string of the molecule is CCC1CCC(NCC2CCOC2C)CC1. The lowest BCUT2D eigenvalue weighted by atomic mass is 9.84. The maximum atomic E-state index is 5.60. The highest BCUT2D eigenvalue weighted by Gasteiger charge is 2.26. The predicted octanol–water partition coefficient (Wildman–Crippen LogP) is 2.97. The zero-order valence-electron chi connectivity index (χ0n) is 10.9. The normalized spacial score (nSPS) is 40.1. The van der Waals surface area contributed by atoms with Crippen LogP contribution in [-0.4, -0.2) is 25.3 Å². The van der Waals surface area contributed by atoms with Crippen molar-refractivity contribution in [2.75, 3.05) is 13.2 Å². The highest BCUT2D eigenvalue weighted by atomic mass is 16.5. The Kier molecular flexibility index (Phi) is 4.66. The number of hydrogen-bond acceptors (Lipinski definition) is 2. The molecule has 1 heterocycles. The predicted molar refractivity (Wildman–Crippen MR) is 67.6 cm³/mol. The van der Waals surface area contributed by atoms with E-state index < -0.39 is 0 Å². The maximum absolute atomic E-state index is 5.60. The van der Waals surface area contributed by atoms with Gasteiger partial charge in [-0.25, -0.2) is 0 Å². The first kappa shape index (κ1) is 12.4. The van der Waals surface area contributed by atoms with E-state index in [1.165, 1.54) is 45.1 Å². The monoisotopic (exact) mass is 225 g/mol. The quantitative estimate of drug-likeness (QED) is 0.794. The van der Waals surface area contributed by atoms with Gasteiger partial charge in [-0.05, 0) is 50.9 Å². The molecule has 2 fully saturated rings. The molecule has 94 valence electrons. The summed E-state index contributed by atoms with van der Waals surface area (Å²) >= 11 is 0. The van der Waals surface area contributed by atoms with E-state index in [0.29, 0.717) is 6.10 Å². The third kappa shape index (κ3) is 3.21. The summed E-state index contributed by atoms with van der Waals surface area (Å²) in [6.45, 7) is 6.68. The molecule has 0 amide bonds. The minimum absolute atomic E-state index is 0.472. The van der Waals surface area contributed by atoms with Gasteiger partial charge in [0.15, 0.2) is 0 Å². The fourth-order valence-electron chi connectivity index (χ4n) is 3.14. The molecular formula is C14H27NO. The molecule has 2 rings (SSSR count). The Morgan fingerprint density at radius 1 is 1.12 bits per heavy atom. The highest BCUT2D eigenvalue weighted by molar-refractivity contribution is 4.80. The molecule has 2 aliphatic rings. The molecule has 2 heteroatoms. The van der Waals surface area contributed by atoms with Gasteiger partial charge < -0.3 is 10.1 Å². The summed E-state index contributed by atoms with van der Waals surface area (Å²) in [5, 5.41) is 3.76. The molecule has 0 aromatic rings. The van der Waals surface area contributed by atoms with Crippen LogP contribution in [-0.2, 0) is 4.74 Å². The van der Waals surface area contributed by atoms with Crippen LogP contribution >= 0.6 is 0 Å². The van der Waals surface area contributed by atoms with E-state index in [4.69, 9.17) is 4.74 Å². The van der Waals surface area contributed by atoms with Crippen molar-refractivity contribution in [3.63, 3.8) is 0 Å². The Labute approximate surface area is 100 Å². The lowest BCUT2D eigenvalue weighted by Gasteiger charge is -2.29. The van der Waals surface area contributed by atoms with Crippen molar-refractivity contribution >= 4 is 0 Å². The molecule has 1 saturated carbocycles. The Bertz CT molecular complexity index is 199. The lowest BCUT2D eigenvalue weighted by Crippen LogP contribution is -2.37. The van der Waals surface area contributed by atoms with Crippen LogP contribution in [0.15, 0.2) is 0 Å². The van der Waals surface area contributed by atoms with Crippen molar-refractivity contribution in [2.45, 2.75) is 64.5 Å². The molecule has 1 saturated heterocycles. The molecule has 0 spiro atoms.